The smallest absolute Gasteiger partial charge is 0.303 e. The molecular formula is C15H17N3O8. The van der Waals surface area contributed by atoms with Gasteiger partial charge in [-0.3, -0.25) is 29.3 Å². The summed E-state index contributed by atoms with van der Waals surface area (Å²) in [6.45, 7) is 1.89. The average molecular weight is 367 g/mol. The first-order valence-corrected chi connectivity index (χ1v) is 7.24. The average Bonchev–Trinajstić information content (AvgIpc) is 2.51. The number of carbonyl (C=O) groups excluding carboxylic acids is 4. The van der Waals surface area contributed by atoms with Crippen LogP contribution >= 0.6 is 0 Å². The van der Waals surface area contributed by atoms with Gasteiger partial charge in [-0.2, -0.15) is 0 Å². The summed E-state index contributed by atoms with van der Waals surface area (Å²) in [5.74, 6) is -3.43. The van der Waals surface area contributed by atoms with Crippen molar-refractivity contribution in [3.05, 3.63) is 38.9 Å². The molecule has 1 unspecified atom stereocenters. The van der Waals surface area contributed by atoms with Gasteiger partial charge in [-0.05, 0) is 5.56 Å². The second-order valence-corrected chi connectivity index (χ2v) is 5.24. The van der Waals surface area contributed by atoms with Crippen LogP contribution in [0.15, 0.2) is 12.1 Å². The number of primary amides is 2. The third-order valence-electron chi connectivity index (χ3n) is 3.21. The number of rotatable bonds is 8. The van der Waals surface area contributed by atoms with E-state index in [1.165, 1.54) is 0 Å². The van der Waals surface area contributed by atoms with Crippen LogP contribution in [0, 0.1) is 10.1 Å². The molecule has 1 aromatic rings. The van der Waals surface area contributed by atoms with E-state index in [0.29, 0.717) is 0 Å². The minimum atomic E-state index is -1.06. The molecule has 11 nitrogen and oxygen atoms in total. The van der Waals surface area contributed by atoms with Gasteiger partial charge in [0, 0.05) is 32.4 Å². The summed E-state index contributed by atoms with van der Waals surface area (Å²) >= 11 is 0. The Hall–Kier alpha value is -3.50. The highest BCUT2D eigenvalue weighted by Gasteiger charge is 2.26. The van der Waals surface area contributed by atoms with Crippen molar-refractivity contribution in [3.8, 4) is 0 Å². The molecule has 140 valence electrons. The Morgan fingerprint density at radius 2 is 1.58 bits per heavy atom. The normalized spacial score (nSPS) is 11.3. The van der Waals surface area contributed by atoms with Crippen LogP contribution in [0.2, 0.25) is 0 Å². The second-order valence-electron chi connectivity index (χ2n) is 5.24. The molecule has 1 atom stereocenters. The molecule has 0 aliphatic carbocycles. The summed E-state index contributed by atoms with van der Waals surface area (Å²) in [6.07, 6.45) is -1.34. The molecule has 0 aliphatic rings. The van der Waals surface area contributed by atoms with Crippen LogP contribution in [0.1, 0.15) is 40.1 Å². The Labute approximate surface area is 147 Å². The Bertz CT molecular complexity index is 739. The van der Waals surface area contributed by atoms with E-state index in [2.05, 4.69) is 0 Å². The molecule has 0 saturated carbocycles. The number of non-ortho nitro benzene ring substituents is 1. The number of nitrogens with zero attached hydrogens (tertiary/aromatic N) is 1. The largest absolute Gasteiger partial charge is 0.462 e. The highest BCUT2D eigenvalue weighted by molar-refractivity contribution is 6.02. The molecule has 26 heavy (non-hydrogen) atoms. The van der Waals surface area contributed by atoms with Crippen LogP contribution in [0.5, 0.6) is 0 Å². The van der Waals surface area contributed by atoms with Gasteiger partial charge in [0.25, 0.3) is 5.69 Å². The molecule has 11 heteroatoms. The Morgan fingerprint density at radius 3 is 1.92 bits per heavy atom. The number of nitro groups is 1. The van der Waals surface area contributed by atoms with Gasteiger partial charge < -0.3 is 20.9 Å². The van der Waals surface area contributed by atoms with Crippen molar-refractivity contribution in [1.82, 2.24) is 0 Å². The third kappa shape index (κ3) is 5.54. The lowest BCUT2D eigenvalue weighted by Gasteiger charge is -2.19. The van der Waals surface area contributed by atoms with E-state index in [-0.39, 0.29) is 29.7 Å². The summed E-state index contributed by atoms with van der Waals surface area (Å²) in [7, 11) is 0. The maximum atomic E-state index is 11.7. The molecule has 1 rings (SSSR count). The van der Waals surface area contributed by atoms with Crippen LogP contribution in [-0.2, 0) is 25.5 Å². The van der Waals surface area contributed by atoms with Crippen LogP contribution in [0.3, 0.4) is 0 Å². The molecule has 0 heterocycles. The molecule has 0 bridgehead atoms. The van der Waals surface area contributed by atoms with Gasteiger partial charge in [0.05, 0.1) is 16.1 Å². The fraction of sp³-hybridized carbons (Fsp3) is 0.333. The summed E-state index contributed by atoms with van der Waals surface area (Å²) in [5, 5.41) is 11.0. The monoisotopic (exact) mass is 367 g/mol. The van der Waals surface area contributed by atoms with Crippen molar-refractivity contribution in [2.45, 2.75) is 26.4 Å². The van der Waals surface area contributed by atoms with Crippen molar-refractivity contribution in [3.63, 3.8) is 0 Å². The van der Waals surface area contributed by atoms with E-state index in [0.717, 1.165) is 26.0 Å². The minimum absolute atomic E-state index is 0.0472. The highest BCUT2D eigenvalue weighted by Crippen LogP contribution is 2.25. The summed E-state index contributed by atoms with van der Waals surface area (Å²) < 4.78 is 9.78. The van der Waals surface area contributed by atoms with Crippen molar-refractivity contribution in [2.75, 3.05) is 6.61 Å². The fourth-order valence-corrected chi connectivity index (χ4v) is 2.23. The van der Waals surface area contributed by atoms with Crippen LogP contribution in [-0.4, -0.2) is 41.4 Å². The van der Waals surface area contributed by atoms with E-state index in [9.17, 15) is 29.3 Å². The number of hydrogen-bond acceptors (Lipinski definition) is 8. The lowest BCUT2D eigenvalue weighted by Crippen LogP contribution is -2.29. The Kier molecular flexibility index (Phi) is 6.76. The maximum Gasteiger partial charge on any atom is 0.303 e. The number of amides is 2. The van der Waals surface area contributed by atoms with E-state index in [1.807, 2.05) is 0 Å². The van der Waals surface area contributed by atoms with Crippen molar-refractivity contribution < 1.29 is 33.6 Å². The summed E-state index contributed by atoms with van der Waals surface area (Å²) in [4.78, 5) is 55.8. The molecule has 0 saturated heterocycles. The topological polar surface area (TPSA) is 182 Å². The van der Waals surface area contributed by atoms with E-state index >= 15 is 0 Å². The van der Waals surface area contributed by atoms with E-state index in [1.54, 1.807) is 0 Å². The first-order chi connectivity index (χ1) is 12.0. The predicted molar refractivity (Wildman–Crippen MR) is 86.0 cm³/mol. The number of hydrogen-bond donors (Lipinski definition) is 2. The van der Waals surface area contributed by atoms with Gasteiger partial charge in [0.15, 0.2) is 0 Å². The lowest BCUT2D eigenvalue weighted by molar-refractivity contribution is -0.384. The second kappa shape index (κ2) is 8.55. The molecule has 0 aromatic heterocycles. The standard InChI is InChI=1S/C15H17N3O8/c1-7(19)25-6-10(26-8(2)20)5-11-12(14(16)21)3-9(18(23)24)4-13(11)15(17)22/h3-4,10H,5-6H2,1-2H3,(H2,16,21)(H2,17,22). The zero-order valence-electron chi connectivity index (χ0n) is 14.0. The van der Waals surface area contributed by atoms with Crippen molar-refractivity contribution in [2.24, 2.45) is 11.5 Å². The molecule has 0 spiro atoms. The van der Waals surface area contributed by atoms with Crippen molar-refractivity contribution >= 4 is 29.4 Å². The molecule has 1 aromatic carbocycles. The fourth-order valence-electron chi connectivity index (χ4n) is 2.23. The van der Waals surface area contributed by atoms with Crippen LogP contribution < -0.4 is 11.5 Å². The molecule has 0 aliphatic heterocycles. The van der Waals surface area contributed by atoms with Gasteiger partial charge in [-0.1, -0.05) is 0 Å². The lowest BCUT2D eigenvalue weighted by atomic mass is 9.94. The molecule has 0 fully saturated rings. The zero-order valence-corrected chi connectivity index (χ0v) is 14.0. The first-order valence-electron chi connectivity index (χ1n) is 7.24. The van der Waals surface area contributed by atoms with E-state index < -0.39 is 40.5 Å². The maximum absolute atomic E-state index is 11.7. The van der Waals surface area contributed by atoms with Crippen LogP contribution in [0.4, 0.5) is 5.69 Å². The quantitative estimate of drug-likeness (QED) is 0.360. The molecule has 0 radical (unpaired) electrons. The molecule has 2 amide bonds. The van der Waals surface area contributed by atoms with Gasteiger partial charge in [0.2, 0.25) is 11.8 Å². The van der Waals surface area contributed by atoms with Gasteiger partial charge >= 0.3 is 11.9 Å². The first kappa shape index (κ1) is 20.5. The molecule has 4 N–H and O–H groups in total. The highest BCUT2D eigenvalue weighted by atomic mass is 16.6. The van der Waals surface area contributed by atoms with Gasteiger partial charge in [-0.15, -0.1) is 0 Å². The summed E-state index contributed by atoms with van der Waals surface area (Å²) in [6, 6.07) is 1.78. The number of carbonyl (C=O) groups is 4. The number of nitrogens with two attached hydrogens (primary N) is 2. The van der Waals surface area contributed by atoms with E-state index in [4.69, 9.17) is 20.9 Å². The third-order valence-corrected chi connectivity index (χ3v) is 3.21. The van der Waals surface area contributed by atoms with Gasteiger partial charge in [-0.25, -0.2) is 0 Å². The Morgan fingerprint density at radius 1 is 1.08 bits per heavy atom. The summed E-state index contributed by atoms with van der Waals surface area (Å²) in [5.41, 5.74) is 9.24. The SMILES string of the molecule is CC(=O)OCC(Cc1c(C(N)=O)cc([N+](=O)[O-])cc1C(N)=O)OC(C)=O. The number of benzene rings is 1. The number of ether oxygens (including phenoxy) is 2. The van der Waals surface area contributed by atoms with Gasteiger partial charge in [0.1, 0.15) is 12.7 Å². The number of nitro benzene ring substituents is 1. The van der Waals surface area contributed by atoms with Crippen LogP contribution in [0.25, 0.3) is 0 Å². The zero-order chi connectivity index (χ0) is 20.0. The Balaban J connectivity index is 3.43. The molecular weight excluding hydrogens is 350 g/mol. The predicted octanol–water partition coefficient (Wildman–Crippen LogP) is -0.170. The van der Waals surface area contributed by atoms with Crippen molar-refractivity contribution in [1.29, 1.82) is 0 Å². The minimum Gasteiger partial charge on any atom is -0.462 e. The number of esters is 2.